The molecule has 0 unspecified atom stereocenters. The molecule has 2 aromatic heterocycles. The van der Waals surface area contributed by atoms with E-state index < -0.39 is 0 Å². The lowest BCUT2D eigenvalue weighted by atomic mass is 9.33. The predicted molar refractivity (Wildman–Crippen MR) is 319 cm³/mol. The van der Waals surface area contributed by atoms with Gasteiger partial charge in [0.15, 0.2) is 5.58 Å². The lowest BCUT2D eigenvalue weighted by Crippen LogP contribution is -2.60. The lowest BCUT2D eigenvalue weighted by molar-refractivity contribution is 0.332. The molecule has 0 N–H and O–H groups in total. The molecule has 0 spiro atoms. The summed E-state index contributed by atoms with van der Waals surface area (Å²) in [7, 11) is 0. The van der Waals surface area contributed by atoms with Crippen molar-refractivity contribution < 1.29 is 4.42 Å². The standard InChI is InChI=1S/C69H76BN3O/c1-41-34-51-52(69(16,17)33-32-68(51,14)15)40-55(41)72-56-37-44(66(8,9)10)26-31-53(56)70-54-36-45(67(11,12)13)35-50-61(54)73(62-49-20-18-19-21-59(49)74-63(50)62)58-39-48(38-57(72)60(58)70)71(46-27-22-42(23-28-46)64(2,3)4)47-29-24-43(25-30-47)65(5,6)7/h18-31,34-40H,32-33H2,1-17H3. The molecule has 0 saturated carbocycles. The number of nitrogens with zero attached hydrogens (tertiary/aromatic N) is 3. The summed E-state index contributed by atoms with van der Waals surface area (Å²) in [5, 5.41) is 2.31. The molecule has 3 aliphatic rings. The van der Waals surface area contributed by atoms with Crippen molar-refractivity contribution in [2.24, 2.45) is 0 Å². The first-order valence-corrected chi connectivity index (χ1v) is 27.4. The Hall–Kier alpha value is -6.46. The summed E-state index contributed by atoms with van der Waals surface area (Å²) in [4.78, 5) is 5.21. The Kier molecular flexibility index (Phi) is 10.3. The summed E-state index contributed by atoms with van der Waals surface area (Å²) in [6, 6.07) is 50.0. The molecular weight excluding hydrogens is 898 g/mol. The third-order valence-corrected chi connectivity index (χ3v) is 17.6. The Morgan fingerprint density at radius 2 is 1.01 bits per heavy atom. The minimum absolute atomic E-state index is 0.0117. The highest BCUT2D eigenvalue weighted by molar-refractivity contribution is 7.00. The van der Waals surface area contributed by atoms with Crippen LogP contribution in [0.25, 0.3) is 38.7 Å². The number of anilines is 6. The first kappa shape index (κ1) is 48.5. The molecule has 0 fully saturated rings. The summed E-state index contributed by atoms with van der Waals surface area (Å²) in [6.07, 6.45) is 2.32. The van der Waals surface area contributed by atoms with Gasteiger partial charge in [-0.1, -0.05) is 171 Å². The third-order valence-electron chi connectivity index (χ3n) is 17.6. The monoisotopic (exact) mass is 974 g/mol. The molecule has 4 nitrogen and oxygen atoms in total. The third kappa shape index (κ3) is 7.37. The van der Waals surface area contributed by atoms with Crippen LogP contribution in [0.1, 0.15) is 163 Å². The highest BCUT2D eigenvalue weighted by Crippen LogP contribution is 2.52. The fraction of sp³-hybridized carbons (Fsp3) is 0.362. The minimum Gasteiger partial charge on any atom is -0.454 e. The largest absolute Gasteiger partial charge is 0.454 e. The summed E-state index contributed by atoms with van der Waals surface area (Å²) in [5.74, 6) is 0. The Bertz CT molecular complexity index is 3720. The number of aryl methyl sites for hydroxylation is 1. The summed E-state index contributed by atoms with van der Waals surface area (Å²) in [5.41, 5.74) is 26.0. The summed E-state index contributed by atoms with van der Waals surface area (Å²) in [6.45, 7) is 40.1. The molecule has 2 aliphatic heterocycles. The Morgan fingerprint density at radius 3 is 1.59 bits per heavy atom. The van der Waals surface area contributed by atoms with E-state index in [2.05, 4.69) is 259 Å². The van der Waals surface area contributed by atoms with E-state index in [1.54, 1.807) is 0 Å². The molecule has 5 heteroatoms. The molecule has 0 radical (unpaired) electrons. The number of furan rings is 1. The van der Waals surface area contributed by atoms with Gasteiger partial charge in [0.05, 0.1) is 11.2 Å². The number of fused-ring (bicyclic) bond motifs is 10. The van der Waals surface area contributed by atoms with Gasteiger partial charge in [0.1, 0.15) is 11.1 Å². The van der Waals surface area contributed by atoms with Crippen LogP contribution in [0.4, 0.5) is 34.1 Å². The van der Waals surface area contributed by atoms with Crippen LogP contribution >= 0.6 is 0 Å². The van der Waals surface area contributed by atoms with Gasteiger partial charge in [-0.05, 0) is 174 Å². The molecule has 12 rings (SSSR count). The minimum atomic E-state index is -0.107. The van der Waals surface area contributed by atoms with Gasteiger partial charge in [-0.25, -0.2) is 0 Å². The van der Waals surface area contributed by atoms with Crippen molar-refractivity contribution in [2.45, 2.75) is 163 Å². The first-order valence-electron chi connectivity index (χ1n) is 27.4. The fourth-order valence-electron chi connectivity index (χ4n) is 12.9. The van der Waals surface area contributed by atoms with Gasteiger partial charge in [0, 0.05) is 44.9 Å². The van der Waals surface area contributed by atoms with Gasteiger partial charge < -0.3 is 18.8 Å². The van der Waals surface area contributed by atoms with E-state index in [0.717, 1.165) is 45.6 Å². The van der Waals surface area contributed by atoms with E-state index >= 15 is 0 Å². The highest BCUT2D eigenvalue weighted by Gasteiger charge is 2.46. The average molecular weight is 974 g/mol. The van der Waals surface area contributed by atoms with E-state index in [0.29, 0.717) is 0 Å². The maximum absolute atomic E-state index is 7.10. The normalized spacial score (nSPS) is 16.0. The Morgan fingerprint density at radius 1 is 0.473 bits per heavy atom. The van der Waals surface area contributed by atoms with E-state index in [1.165, 1.54) is 95.4 Å². The van der Waals surface area contributed by atoms with Gasteiger partial charge in [-0.15, -0.1) is 0 Å². The zero-order chi connectivity index (χ0) is 52.6. The van der Waals surface area contributed by atoms with E-state index in [4.69, 9.17) is 4.42 Å². The summed E-state index contributed by atoms with van der Waals surface area (Å²) < 4.78 is 9.71. The topological polar surface area (TPSA) is 24.6 Å². The Labute approximate surface area is 441 Å². The molecule has 376 valence electrons. The van der Waals surface area contributed by atoms with Crippen molar-refractivity contribution in [3.63, 3.8) is 0 Å². The molecule has 0 amide bonds. The average Bonchev–Trinajstić information content (AvgIpc) is 3.87. The molecule has 74 heavy (non-hydrogen) atoms. The van der Waals surface area contributed by atoms with Crippen LogP contribution in [0.2, 0.25) is 0 Å². The SMILES string of the molecule is Cc1cc2c(cc1N1c3cc(C(C)(C)C)ccc3B3c4c1cc(N(c1ccc(C(C)(C)C)cc1)c1ccc(C(C)(C)C)cc1)cc4-n1c4c3cc(C(C)(C)C)cc4c3oc4ccccc4c31)C(C)(C)CCC2(C)C. The van der Waals surface area contributed by atoms with E-state index in [-0.39, 0.29) is 39.2 Å². The number of aromatic nitrogens is 1. The second-order valence-corrected chi connectivity index (χ2v) is 27.9. The molecular formula is C69H76BN3O. The first-order chi connectivity index (χ1) is 34.6. The molecule has 4 heterocycles. The molecule has 0 saturated heterocycles. The second-order valence-electron chi connectivity index (χ2n) is 27.9. The van der Waals surface area contributed by atoms with Gasteiger partial charge >= 0.3 is 0 Å². The van der Waals surface area contributed by atoms with Crippen molar-refractivity contribution >= 4 is 90.2 Å². The van der Waals surface area contributed by atoms with Crippen LogP contribution in [0, 0.1) is 6.92 Å². The molecule has 0 bridgehead atoms. The zero-order valence-corrected chi connectivity index (χ0v) is 47.4. The van der Waals surface area contributed by atoms with Gasteiger partial charge in [0.25, 0.3) is 6.71 Å². The number of rotatable bonds is 4. The maximum Gasteiger partial charge on any atom is 0.252 e. The molecule has 0 atom stereocenters. The van der Waals surface area contributed by atoms with E-state index in [1.807, 2.05) is 0 Å². The van der Waals surface area contributed by atoms with Gasteiger partial charge in [-0.2, -0.15) is 0 Å². The predicted octanol–water partition coefficient (Wildman–Crippen LogP) is 17.5. The van der Waals surface area contributed by atoms with Crippen LogP contribution < -0.4 is 26.2 Å². The number of para-hydroxylation sites is 1. The van der Waals surface area contributed by atoms with Crippen molar-refractivity contribution in [1.82, 2.24) is 4.57 Å². The molecule has 9 aromatic rings. The second kappa shape index (κ2) is 15.8. The quantitative estimate of drug-likeness (QED) is 0.164. The smallest absolute Gasteiger partial charge is 0.252 e. The molecule has 1 aliphatic carbocycles. The van der Waals surface area contributed by atoms with Gasteiger partial charge in [-0.3, -0.25) is 0 Å². The van der Waals surface area contributed by atoms with Crippen molar-refractivity contribution in [2.75, 3.05) is 9.80 Å². The van der Waals surface area contributed by atoms with Crippen molar-refractivity contribution in [1.29, 1.82) is 0 Å². The number of hydrogen-bond donors (Lipinski definition) is 0. The lowest BCUT2D eigenvalue weighted by Gasteiger charge is -2.45. The Balaban J connectivity index is 1.27. The maximum atomic E-state index is 7.10. The van der Waals surface area contributed by atoms with Crippen LogP contribution in [0.5, 0.6) is 0 Å². The number of benzene rings is 7. The zero-order valence-electron chi connectivity index (χ0n) is 47.4. The fourth-order valence-corrected chi connectivity index (χ4v) is 12.9. The highest BCUT2D eigenvalue weighted by atomic mass is 16.3. The van der Waals surface area contributed by atoms with Crippen LogP contribution in [0.15, 0.2) is 132 Å². The van der Waals surface area contributed by atoms with Crippen molar-refractivity contribution in [3.8, 4) is 5.69 Å². The van der Waals surface area contributed by atoms with Crippen LogP contribution in [0.3, 0.4) is 0 Å². The summed E-state index contributed by atoms with van der Waals surface area (Å²) >= 11 is 0. The van der Waals surface area contributed by atoms with Crippen LogP contribution in [-0.4, -0.2) is 11.3 Å². The van der Waals surface area contributed by atoms with Gasteiger partial charge in [0.2, 0.25) is 0 Å². The molecule has 7 aromatic carbocycles. The van der Waals surface area contributed by atoms with E-state index in [9.17, 15) is 0 Å². The van der Waals surface area contributed by atoms with Crippen LogP contribution in [-0.2, 0) is 32.5 Å². The number of hydrogen-bond acceptors (Lipinski definition) is 3. The van der Waals surface area contributed by atoms with Crippen molar-refractivity contribution in [3.05, 3.63) is 166 Å².